The molecule has 0 amide bonds. The number of carbonyl (C=O) groups is 1. The van der Waals surface area contributed by atoms with Crippen LogP contribution in [0.5, 0.6) is 0 Å². The molecular formula is C21H24N2O2. The summed E-state index contributed by atoms with van der Waals surface area (Å²) in [5.74, 6) is -0.127. The molecule has 1 unspecified atom stereocenters. The predicted molar refractivity (Wildman–Crippen MR) is 98.4 cm³/mol. The van der Waals surface area contributed by atoms with E-state index in [9.17, 15) is 4.79 Å². The summed E-state index contributed by atoms with van der Waals surface area (Å²) in [6.45, 7) is 4.30. The minimum absolute atomic E-state index is 0.127. The number of fused-ring (bicyclic) bond motifs is 5. The van der Waals surface area contributed by atoms with E-state index in [1.807, 2.05) is 12.0 Å². The summed E-state index contributed by atoms with van der Waals surface area (Å²) in [7, 11) is 0. The molecule has 25 heavy (non-hydrogen) atoms. The van der Waals surface area contributed by atoms with Crippen LogP contribution in [0.3, 0.4) is 0 Å². The minimum Gasteiger partial charge on any atom is -0.368 e. The molecule has 2 heterocycles. The first kappa shape index (κ1) is 16.2. The smallest absolute Gasteiger partial charge is 0.325 e. The first-order valence-electron chi connectivity index (χ1n) is 9.14. The molecule has 1 saturated heterocycles. The molecule has 0 aromatic heterocycles. The molecule has 4 nitrogen and oxygen atoms in total. The minimum atomic E-state index is -0.127. The van der Waals surface area contributed by atoms with Gasteiger partial charge in [-0.05, 0) is 35.6 Å². The van der Waals surface area contributed by atoms with Gasteiger partial charge in [-0.1, -0.05) is 49.4 Å². The van der Waals surface area contributed by atoms with E-state index in [0.29, 0.717) is 13.0 Å². The lowest BCUT2D eigenvalue weighted by molar-refractivity contribution is -0.194. The number of anilines is 1. The van der Waals surface area contributed by atoms with E-state index in [0.717, 1.165) is 25.9 Å². The van der Waals surface area contributed by atoms with E-state index in [1.54, 1.807) is 0 Å². The molecule has 2 aromatic rings. The fourth-order valence-electron chi connectivity index (χ4n) is 3.96. The van der Waals surface area contributed by atoms with E-state index in [-0.39, 0.29) is 12.0 Å². The number of nitrogens with zero attached hydrogens (tertiary/aromatic N) is 2. The van der Waals surface area contributed by atoms with Gasteiger partial charge in [-0.15, -0.1) is 5.06 Å². The number of hydrogen-bond acceptors (Lipinski definition) is 4. The molecule has 4 heteroatoms. The monoisotopic (exact) mass is 336 g/mol. The van der Waals surface area contributed by atoms with Crippen LogP contribution in [0.15, 0.2) is 48.5 Å². The summed E-state index contributed by atoms with van der Waals surface area (Å²) in [4.78, 5) is 20.0. The standard InChI is InChI=1S/C21H24N2O2/c1-2-7-21(24)25-22-12-13-23-19-11-6-4-9-17(19)14-16-8-3-5-10-18(16)20(23)15-22/h3-6,8-11,20H,2,7,12-15H2,1H3. The summed E-state index contributed by atoms with van der Waals surface area (Å²) in [5, 5.41) is 1.85. The molecule has 2 aliphatic rings. The lowest BCUT2D eigenvalue weighted by Gasteiger charge is -2.41. The van der Waals surface area contributed by atoms with Crippen molar-refractivity contribution in [3.05, 3.63) is 65.2 Å². The van der Waals surface area contributed by atoms with Gasteiger partial charge < -0.3 is 9.74 Å². The number of rotatable bonds is 3. The molecule has 2 aromatic carbocycles. The molecule has 0 aliphatic carbocycles. The van der Waals surface area contributed by atoms with Crippen LogP contribution in [0, 0.1) is 0 Å². The Labute approximate surface area is 149 Å². The van der Waals surface area contributed by atoms with E-state index in [4.69, 9.17) is 4.84 Å². The Morgan fingerprint density at radius 3 is 2.68 bits per heavy atom. The highest BCUT2D eigenvalue weighted by atomic mass is 16.7. The second kappa shape index (κ2) is 6.89. The van der Waals surface area contributed by atoms with Gasteiger partial charge in [0.2, 0.25) is 0 Å². The van der Waals surface area contributed by atoms with E-state index in [1.165, 1.54) is 22.4 Å². The summed E-state index contributed by atoms with van der Waals surface area (Å²) >= 11 is 0. The van der Waals surface area contributed by atoms with Gasteiger partial charge in [-0.25, -0.2) is 0 Å². The van der Waals surface area contributed by atoms with Gasteiger partial charge in [0.25, 0.3) is 0 Å². The third kappa shape index (κ3) is 3.14. The quantitative estimate of drug-likeness (QED) is 0.855. The first-order chi connectivity index (χ1) is 12.3. The number of hydrogen-bond donors (Lipinski definition) is 0. The maximum atomic E-state index is 11.9. The fraction of sp³-hybridized carbons (Fsp3) is 0.381. The van der Waals surface area contributed by atoms with Crippen molar-refractivity contribution in [1.29, 1.82) is 0 Å². The Morgan fingerprint density at radius 2 is 1.84 bits per heavy atom. The summed E-state index contributed by atoms with van der Waals surface area (Å²) < 4.78 is 0. The van der Waals surface area contributed by atoms with Crippen molar-refractivity contribution >= 4 is 11.7 Å². The Hall–Kier alpha value is -2.33. The lowest BCUT2D eigenvalue weighted by atomic mass is 9.96. The fourth-order valence-corrected chi connectivity index (χ4v) is 3.96. The van der Waals surface area contributed by atoms with Crippen LogP contribution in [0.25, 0.3) is 0 Å². The number of carbonyl (C=O) groups excluding carboxylic acids is 1. The molecule has 4 rings (SSSR count). The van der Waals surface area contributed by atoms with Crippen LogP contribution < -0.4 is 4.90 Å². The Bertz CT molecular complexity index is 774. The van der Waals surface area contributed by atoms with Gasteiger partial charge in [0, 0.05) is 18.7 Å². The van der Waals surface area contributed by atoms with E-state index >= 15 is 0 Å². The Kier molecular flexibility index (Phi) is 4.45. The molecule has 2 aliphatic heterocycles. The molecule has 130 valence electrons. The first-order valence-corrected chi connectivity index (χ1v) is 9.14. The second-order valence-electron chi connectivity index (χ2n) is 6.81. The second-order valence-corrected chi connectivity index (χ2v) is 6.81. The van der Waals surface area contributed by atoms with Crippen LogP contribution in [0.1, 0.15) is 42.5 Å². The third-order valence-corrected chi connectivity index (χ3v) is 5.12. The van der Waals surface area contributed by atoms with Crippen LogP contribution in [0.2, 0.25) is 0 Å². The molecule has 0 bridgehead atoms. The van der Waals surface area contributed by atoms with Crippen LogP contribution in [-0.4, -0.2) is 30.7 Å². The van der Waals surface area contributed by atoms with Gasteiger partial charge in [-0.3, -0.25) is 4.79 Å². The van der Waals surface area contributed by atoms with E-state index in [2.05, 4.69) is 53.4 Å². The Balaban J connectivity index is 1.67. The number of piperazine rings is 1. The SMILES string of the molecule is CCCC(=O)ON1CCN2c3ccccc3Cc3ccccc3C2C1. The van der Waals surface area contributed by atoms with E-state index < -0.39 is 0 Å². The normalized spacial score (nSPS) is 19.4. The average Bonchev–Trinajstić information content (AvgIpc) is 2.76. The largest absolute Gasteiger partial charge is 0.368 e. The zero-order valence-corrected chi connectivity index (χ0v) is 14.6. The van der Waals surface area contributed by atoms with Crippen LogP contribution >= 0.6 is 0 Å². The molecule has 0 N–H and O–H groups in total. The van der Waals surface area contributed by atoms with Crippen molar-refractivity contribution in [2.24, 2.45) is 0 Å². The highest BCUT2D eigenvalue weighted by molar-refractivity contribution is 5.69. The molecule has 1 fully saturated rings. The third-order valence-electron chi connectivity index (χ3n) is 5.12. The van der Waals surface area contributed by atoms with Gasteiger partial charge in [0.15, 0.2) is 0 Å². The van der Waals surface area contributed by atoms with Gasteiger partial charge >= 0.3 is 5.97 Å². The van der Waals surface area contributed by atoms with Gasteiger partial charge in [0.05, 0.1) is 19.1 Å². The van der Waals surface area contributed by atoms with Crippen molar-refractivity contribution in [2.45, 2.75) is 32.2 Å². The van der Waals surface area contributed by atoms with Crippen molar-refractivity contribution in [3.63, 3.8) is 0 Å². The molecule has 0 spiro atoms. The van der Waals surface area contributed by atoms with Crippen LogP contribution in [-0.2, 0) is 16.1 Å². The molecular weight excluding hydrogens is 312 g/mol. The molecule has 1 atom stereocenters. The number of hydroxylamine groups is 2. The van der Waals surface area contributed by atoms with Crippen LogP contribution in [0.4, 0.5) is 5.69 Å². The maximum absolute atomic E-state index is 11.9. The lowest BCUT2D eigenvalue weighted by Crippen LogP contribution is -2.49. The molecule has 0 radical (unpaired) electrons. The highest BCUT2D eigenvalue weighted by Crippen LogP contribution is 2.39. The van der Waals surface area contributed by atoms with Crippen molar-refractivity contribution in [2.75, 3.05) is 24.5 Å². The number of benzene rings is 2. The summed E-state index contributed by atoms with van der Waals surface area (Å²) in [6.07, 6.45) is 2.25. The number of para-hydroxylation sites is 1. The van der Waals surface area contributed by atoms with Gasteiger partial charge in [-0.2, -0.15) is 0 Å². The zero-order chi connectivity index (χ0) is 17.2. The zero-order valence-electron chi connectivity index (χ0n) is 14.6. The highest BCUT2D eigenvalue weighted by Gasteiger charge is 2.34. The van der Waals surface area contributed by atoms with Crippen molar-refractivity contribution in [1.82, 2.24) is 5.06 Å². The summed E-state index contributed by atoms with van der Waals surface area (Å²) in [6, 6.07) is 17.5. The average molecular weight is 336 g/mol. The Morgan fingerprint density at radius 1 is 1.08 bits per heavy atom. The summed E-state index contributed by atoms with van der Waals surface area (Å²) in [5.41, 5.74) is 5.39. The predicted octanol–water partition coefficient (Wildman–Crippen LogP) is 3.71. The van der Waals surface area contributed by atoms with Gasteiger partial charge in [0.1, 0.15) is 0 Å². The topological polar surface area (TPSA) is 32.8 Å². The maximum Gasteiger partial charge on any atom is 0.325 e. The molecule has 0 saturated carbocycles. The van der Waals surface area contributed by atoms with Crippen molar-refractivity contribution in [3.8, 4) is 0 Å². The van der Waals surface area contributed by atoms with Crippen molar-refractivity contribution < 1.29 is 9.63 Å².